The SMILES string of the molecule is CC(=O)NC(C)C#Cc1cnc(Oc2ccc(OCC(C)C)cc2C=O)s1. The highest BCUT2D eigenvalue weighted by Gasteiger charge is 2.10. The summed E-state index contributed by atoms with van der Waals surface area (Å²) >= 11 is 1.26. The van der Waals surface area contributed by atoms with Gasteiger partial charge in [0.25, 0.3) is 5.19 Å². The molecule has 2 rings (SSSR count). The molecular formula is C20H22N2O4S. The maximum Gasteiger partial charge on any atom is 0.279 e. The number of nitrogens with one attached hydrogen (secondary N) is 1. The third-order valence-electron chi connectivity index (χ3n) is 3.20. The smallest absolute Gasteiger partial charge is 0.279 e. The van der Waals surface area contributed by atoms with E-state index < -0.39 is 0 Å². The topological polar surface area (TPSA) is 77.5 Å². The van der Waals surface area contributed by atoms with Crippen LogP contribution in [0.1, 0.15) is 42.9 Å². The molecule has 1 amide bonds. The minimum absolute atomic E-state index is 0.132. The van der Waals surface area contributed by atoms with Crippen molar-refractivity contribution in [2.75, 3.05) is 6.61 Å². The lowest BCUT2D eigenvalue weighted by Crippen LogP contribution is -2.28. The molecule has 2 aromatic rings. The molecule has 0 bridgehead atoms. The summed E-state index contributed by atoms with van der Waals surface area (Å²) in [7, 11) is 0. The van der Waals surface area contributed by atoms with Crippen molar-refractivity contribution in [3.05, 3.63) is 34.8 Å². The zero-order valence-electron chi connectivity index (χ0n) is 15.7. The molecule has 27 heavy (non-hydrogen) atoms. The molecule has 142 valence electrons. The van der Waals surface area contributed by atoms with E-state index >= 15 is 0 Å². The van der Waals surface area contributed by atoms with Crippen LogP contribution in [0.3, 0.4) is 0 Å². The van der Waals surface area contributed by atoms with Crippen LogP contribution in [0.2, 0.25) is 0 Å². The fraction of sp³-hybridized carbons (Fsp3) is 0.350. The highest BCUT2D eigenvalue weighted by Crippen LogP contribution is 2.30. The molecule has 0 saturated heterocycles. The molecule has 1 aromatic heterocycles. The van der Waals surface area contributed by atoms with E-state index in [-0.39, 0.29) is 11.9 Å². The van der Waals surface area contributed by atoms with Crippen LogP contribution in [-0.4, -0.2) is 29.8 Å². The van der Waals surface area contributed by atoms with Gasteiger partial charge in [0.1, 0.15) is 16.4 Å². The highest BCUT2D eigenvalue weighted by molar-refractivity contribution is 7.13. The highest BCUT2D eigenvalue weighted by atomic mass is 32.1. The quantitative estimate of drug-likeness (QED) is 0.580. The molecule has 0 saturated carbocycles. The van der Waals surface area contributed by atoms with Crippen LogP contribution >= 0.6 is 11.3 Å². The van der Waals surface area contributed by atoms with Crippen LogP contribution in [-0.2, 0) is 4.79 Å². The summed E-state index contributed by atoms with van der Waals surface area (Å²) in [5, 5.41) is 3.07. The largest absolute Gasteiger partial charge is 0.493 e. The molecule has 0 fully saturated rings. The van der Waals surface area contributed by atoms with Crippen LogP contribution in [0.15, 0.2) is 24.4 Å². The Kier molecular flexibility index (Phi) is 7.38. The van der Waals surface area contributed by atoms with E-state index in [1.807, 2.05) is 0 Å². The number of nitrogens with zero attached hydrogens (tertiary/aromatic N) is 1. The van der Waals surface area contributed by atoms with Gasteiger partial charge in [-0.1, -0.05) is 37.0 Å². The molecular weight excluding hydrogens is 364 g/mol. The fourth-order valence-electron chi connectivity index (χ4n) is 2.04. The molecule has 0 aliphatic carbocycles. The summed E-state index contributed by atoms with van der Waals surface area (Å²) in [5.74, 6) is 7.15. The predicted octanol–water partition coefficient (Wildman–Crippen LogP) is 3.66. The lowest BCUT2D eigenvalue weighted by molar-refractivity contribution is -0.119. The van der Waals surface area contributed by atoms with Gasteiger partial charge in [-0.05, 0) is 31.0 Å². The van der Waals surface area contributed by atoms with Crippen molar-refractivity contribution in [1.82, 2.24) is 10.3 Å². The zero-order valence-corrected chi connectivity index (χ0v) is 16.6. The second-order valence-corrected chi connectivity index (χ2v) is 7.30. The molecule has 1 N–H and O–H groups in total. The molecule has 0 aliphatic rings. The van der Waals surface area contributed by atoms with Gasteiger partial charge in [0, 0.05) is 6.92 Å². The Bertz CT molecular complexity index is 864. The van der Waals surface area contributed by atoms with Crippen molar-refractivity contribution >= 4 is 23.5 Å². The van der Waals surface area contributed by atoms with E-state index in [0.717, 1.165) is 6.29 Å². The van der Waals surface area contributed by atoms with Gasteiger partial charge in [-0.25, -0.2) is 4.98 Å². The molecule has 6 nitrogen and oxygen atoms in total. The molecule has 0 aliphatic heterocycles. The molecule has 0 radical (unpaired) electrons. The van der Waals surface area contributed by atoms with Gasteiger partial charge in [0.2, 0.25) is 5.91 Å². The third kappa shape index (κ3) is 6.76. The van der Waals surface area contributed by atoms with E-state index in [0.29, 0.717) is 39.7 Å². The van der Waals surface area contributed by atoms with Gasteiger partial charge in [0.05, 0.1) is 24.4 Å². The Hall–Kier alpha value is -2.85. The van der Waals surface area contributed by atoms with E-state index in [1.165, 1.54) is 18.3 Å². The predicted molar refractivity (Wildman–Crippen MR) is 105 cm³/mol. The van der Waals surface area contributed by atoms with Crippen LogP contribution in [0.5, 0.6) is 16.7 Å². The molecule has 1 unspecified atom stereocenters. The average molecular weight is 386 g/mol. The Labute approximate surface area is 162 Å². The monoisotopic (exact) mass is 386 g/mol. The number of ether oxygens (including phenoxy) is 2. The number of carbonyl (C=O) groups excluding carboxylic acids is 2. The lowest BCUT2D eigenvalue weighted by Gasteiger charge is -2.10. The number of thiazole rings is 1. The zero-order chi connectivity index (χ0) is 19.8. The molecule has 7 heteroatoms. The molecule has 1 heterocycles. The van der Waals surface area contributed by atoms with Crippen molar-refractivity contribution in [3.8, 4) is 28.5 Å². The maximum atomic E-state index is 11.4. The van der Waals surface area contributed by atoms with Gasteiger partial charge >= 0.3 is 0 Å². The van der Waals surface area contributed by atoms with Crippen molar-refractivity contribution in [1.29, 1.82) is 0 Å². The van der Waals surface area contributed by atoms with Crippen LogP contribution < -0.4 is 14.8 Å². The van der Waals surface area contributed by atoms with Crippen molar-refractivity contribution in [2.24, 2.45) is 5.92 Å². The first-order valence-electron chi connectivity index (χ1n) is 8.51. The van der Waals surface area contributed by atoms with Gasteiger partial charge in [0.15, 0.2) is 6.29 Å². The number of aldehydes is 1. The van der Waals surface area contributed by atoms with Gasteiger partial charge in [-0.3, -0.25) is 9.59 Å². The van der Waals surface area contributed by atoms with E-state index in [4.69, 9.17) is 9.47 Å². The number of amides is 1. The van der Waals surface area contributed by atoms with Crippen LogP contribution in [0.25, 0.3) is 0 Å². The normalized spacial score (nSPS) is 11.3. The van der Waals surface area contributed by atoms with E-state index in [9.17, 15) is 9.59 Å². The minimum atomic E-state index is -0.256. The molecule has 1 aromatic carbocycles. The summed E-state index contributed by atoms with van der Waals surface area (Å²) in [6.45, 7) is 7.92. The Morgan fingerprint density at radius 3 is 2.81 bits per heavy atom. The second-order valence-electron chi connectivity index (χ2n) is 6.31. The Morgan fingerprint density at radius 1 is 1.37 bits per heavy atom. The van der Waals surface area contributed by atoms with Gasteiger partial charge < -0.3 is 14.8 Å². The number of rotatable bonds is 7. The van der Waals surface area contributed by atoms with Crippen molar-refractivity contribution < 1.29 is 19.1 Å². The van der Waals surface area contributed by atoms with Crippen LogP contribution in [0, 0.1) is 17.8 Å². The average Bonchev–Trinajstić information content (AvgIpc) is 3.06. The summed E-state index contributed by atoms with van der Waals surface area (Å²) in [4.78, 5) is 27.2. The summed E-state index contributed by atoms with van der Waals surface area (Å²) in [6.07, 6.45) is 2.31. The first-order chi connectivity index (χ1) is 12.9. The number of hydrogen-bond donors (Lipinski definition) is 1. The lowest BCUT2D eigenvalue weighted by atomic mass is 10.2. The Balaban J connectivity index is 2.07. The third-order valence-corrected chi connectivity index (χ3v) is 4.00. The standard InChI is InChI=1S/C20H22N2O4S/c1-13(2)12-25-17-6-8-19(16(9-17)11-23)26-20-21-10-18(27-20)7-5-14(3)22-15(4)24/h6,8-11,13-14H,12H2,1-4H3,(H,22,24). The number of hydrogen-bond acceptors (Lipinski definition) is 6. The molecule has 1 atom stereocenters. The number of carbonyl (C=O) groups is 2. The van der Waals surface area contributed by atoms with E-state index in [1.54, 1.807) is 31.3 Å². The second kappa shape index (κ2) is 9.74. The Morgan fingerprint density at radius 2 is 2.15 bits per heavy atom. The number of aromatic nitrogens is 1. The summed E-state index contributed by atoms with van der Waals surface area (Å²) in [6, 6.07) is 4.84. The van der Waals surface area contributed by atoms with Gasteiger partial charge in [-0.15, -0.1) is 0 Å². The summed E-state index contributed by atoms with van der Waals surface area (Å²) < 4.78 is 11.3. The van der Waals surface area contributed by atoms with Gasteiger partial charge in [-0.2, -0.15) is 0 Å². The van der Waals surface area contributed by atoms with Crippen LogP contribution in [0.4, 0.5) is 0 Å². The summed E-state index contributed by atoms with van der Waals surface area (Å²) in [5.41, 5.74) is 0.387. The fourth-order valence-corrected chi connectivity index (χ4v) is 2.68. The minimum Gasteiger partial charge on any atom is -0.493 e. The van der Waals surface area contributed by atoms with Crippen molar-refractivity contribution in [2.45, 2.75) is 33.7 Å². The molecule has 0 spiro atoms. The first kappa shape index (κ1) is 20.5. The maximum absolute atomic E-state index is 11.4. The number of benzene rings is 1. The first-order valence-corrected chi connectivity index (χ1v) is 9.33. The van der Waals surface area contributed by atoms with Crippen molar-refractivity contribution in [3.63, 3.8) is 0 Å². The van der Waals surface area contributed by atoms with E-state index in [2.05, 4.69) is 36.0 Å².